The molecule has 2 N–H and O–H groups in total. The molecule has 2 aromatic carbocycles. The molecule has 4 rings (SSSR count). The van der Waals surface area contributed by atoms with E-state index in [0.717, 1.165) is 17.7 Å². The first-order valence-corrected chi connectivity index (χ1v) is 11.8. The van der Waals surface area contributed by atoms with Crippen LogP contribution in [-0.4, -0.2) is 60.0 Å². The zero-order valence-corrected chi connectivity index (χ0v) is 19.3. The summed E-state index contributed by atoms with van der Waals surface area (Å²) in [5.74, 6) is -1.06. The maximum atomic E-state index is 14.3. The average Bonchev–Trinajstić information content (AvgIpc) is 2.80. The molecule has 2 heterocycles. The molecule has 6 nitrogen and oxygen atoms in total. The Bertz CT molecular complexity index is 961. The number of amides is 1. The van der Waals surface area contributed by atoms with Crippen LogP contribution in [-0.2, 0) is 20.8 Å². The Hall–Kier alpha value is -2.39. The van der Waals surface area contributed by atoms with Crippen molar-refractivity contribution in [1.29, 1.82) is 0 Å². The monoisotopic (exact) mass is 474 g/mol. The van der Waals surface area contributed by atoms with E-state index in [2.05, 4.69) is 5.32 Å². The summed E-state index contributed by atoms with van der Waals surface area (Å²) in [6.45, 7) is 2.77. The molecule has 0 unspecified atom stereocenters. The van der Waals surface area contributed by atoms with Crippen LogP contribution in [0.25, 0.3) is 0 Å². The van der Waals surface area contributed by atoms with Crippen molar-refractivity contribution in [3.05, 3.63) is 71.3 Å². The highest BCUT2D eigenvalue weighted by Gasteiger charge is 2.38. The summed E-state index contributed by atoms with van der Waals surface area (Å²) in [5, 5.41) is 13.3. The topological polar surface area (TPSA) is 71.0 Å². The number of fused-ring (bicyclic) bond motifs is 1. The lowest BCUT2D eigenvalue weighted by atomic mass is 9.94. The molecule has 0 bridgehead atoms. The summed E-state index contributed by atoms with van der Waals surface area (Å²) in [5.41, 5.74) is 1.27. The normalized spacial score (nSPS) is 26.7. The Balaban J connectivity index is 1.39. The number of carbonyl (C=O) groups excluding carboxylic acids is 1. The number of aliphatic hydroxyl groups excluding tert-OH is 1. The first-order valence-electron chi connectivity index (χ1n) is 11.8. The van der Waals surface area contributed by atoms with Gasteiger partial charge >= 0.3 is 0 Å². The summed E-state index contributed by atoms with van der Waals surface area (Å²) >= 11 is 0. The Labute approximate surface area is 198 Å². The number of benzene rings is 2. The fourth-order valence-electron chi connectivity index (χ4n) is 4.84. The van der Waals surface area contributed by atoms with Gasteiger partial charge in [-0.05, 0) is 43.5 Å². The van der Waals surface area contributed by atoms with Gasteiger partial charge in [0.1, 0.15) is 11.6 Å². The Morgan fingerprint density at radius 1 is 1.18 bits per heavy atom. The molecule has 1 amide bonds. The van der Waals surface area contributed by atoms with E-state index in [1.54, 1.807) is 0 Å². The minimum Gasteiger partial charge on any atom is -0.389 e. The molecule has 0 aromatic heterocycles. The molecule has 8 heteroatoms. The van der Waals surface area contributed by atoms with E-state index in [1.165, 1.54) is 6.07 Å². The molecular weight excluding hydrogens is 442 g/mol. The fraction of sp³-hybridized carbons (Fsp3) is 0.500. The quantitative estimate of drug-likeness (QED) is 0.672. The maximum absolute atomic E-state index is 14.3. The number of hydrogen-bond acceptors (Lipinski definition) is 5. The lowest BCUT2D eigenvalue weighted by Gasteiger charge is -2.44. The standard InChI is InChI=1S/C26H32F2N2O4/c1-17(18-5-3-2-4-6-18)29-26(32)12-22-8-10-24-25(34-22)16-33-15-21(31)14-30(24)13-19-11-20(27)7-9-23(19)28/h2-7,9,11,17,21-22,24-25,31H,8,10,12-16H2,1H3,(H,29,32)/t17-,21-,22+,24-,25+/m1/s1. The van der Waals surface area contributed by atoms with Crippen LogP contribution < -0.4 is 5.32 Å². The molecule has 2 aliphatic heterocycles. The predicted molar refractivity (Wildman–Crippen MR) is 123 cm³/mol. The van der Waals surface area contributed by atoms with E-state index in [9.17, 15) is 18.7 Å². The largest absolute Gasteiger partial charge is 0.389 e. The van der Waals surface area contributed by atoms with Crippen molar-refractivity contribution in [3.8, 4) is 0 Å². The van der Waals surface area contributed by atoms with Gasteiger partial charge in [0.05, 0.1) is 44.0 Å². The third-order valence-corrected chi connectivity index (χ3v) is 6.56. The van der Waals surface area contributed by atoms with Crippen LogP contribution >= 0.6 is 0 Å². The highest BCUT2D eigenvalue weighted by Crippen LogP contribution is 2.29. The summed E-state index contributed by atoms with van der Waals surface area (Å²) in [4.78, 5) is 14.6. The summed E-state index contributed by atoms with van der Waals surface area (Å²) in [6, 6.07) is 12.9. The van der Waals surface area contributed by atoms with Crippen molar-refractivity contribution in [2.24, 2.45) is 0 Å². The Morgan fingerprint density at radius 3 is 2.76 bits per heavy atom. The van der Waals surface area contributed by atoms with Gasteiger partial charge in [-0.3, -0.25) is 9.69 Å². The van der Waals surface area contributed by atoms with E-state index < -0.39 is 17.7 Å². The van der Waals surface area contributed by atoms with E-state index in [0.29, 0.717) is 12.8 Å². The van der Waals surface area contributed by atoms with Crippen molar-refractivity contribution in [1.82, 2.24) is 10.2 Å². The molecule has 0 saturated carbocycles. The van der Waals surface area contributed by atoms with E-state index in [4.69, 9.17) is 9.47 Å². The van der Waals surface area contributed by atoms with Crippen LogP contribution in [0.4, 0.5) is 8.78 Å². The van der Waals surface area contributed by atoms with Crippen molar-refractivity contribution < 1.29 is 28.2 Å². The number of hydrogen-bond donors (Lipinski definition) is 2. The molecule has 2 aromatic rings. The van der Waals surface area contributed by atoms with E-state index in [1.807, 2.05) is 42.2 Å². The molecule has 0 spiro atoms. The summed E-state index contributed by atoms with van der Waals surface area (Å²) in [6.07, 6.45) is 0.255. The van der Waals surface area contributed by atoms with Gasteiger partial charge in [0.2, 0.25) is 5.91 Å². The molecule has 2 aliphatic rings. The highest BCUT2D eigenvalue weighted by molar-refractivity contribution is 5.77. The number of halogens is 2. The van der Waals surface area contributed by atoms with Gasteiger partial charge in [-0.1, -0.05) is 30.3 Å². The van der Waals surface area contributed by atoms with Gasteiger partial charge in [-0.25, -0.2) is 8.78 Å². The number of aliphatic hydroxyl groups is 1. The number of rotatable bonds is 6. The van der Waals surface area contributed by atoms with Crippen molar-refractivity contribution in [2.75, 3.05) is 19.8 Å². The van der Waals surface area contributed by atoms with Crippen molar-refractivity contribution >= 4 is 5.91 Å². The van der Waals surface area contributed by atoms with Gasteiger partial charge in [0, 0.05) is 24.7 Å². The van der Waals surface area contributed by atoms with Crippen LogP contribution in [0.15, 0.2) is 48.5 Å². The van der Waals surface area contributed by atoms with Crippen LogP contribution in [0.5, 0.6) is 0 Å². The van der Waals surface area contributed by atoms with Gasteiger partial charge in [-0.2, -0.15) is 0 Å². The molecule has 184 valence electrons. The smallest absolute Gasteiger partial charge is 0.223 e. The molecule has 34 heavy (non-hydrogen) atoms. The highest BCUT2D eigenvalue weighted by atomic mass is 19.1. The number of nitrogens with zero attached hydrogens (tertiary/aromatic N) is 1. The Kier molecular flexibility index (Phi) is 8.26. The fourth-order valence-corrected chi connectivity index (χ4v) is 4.84. The maximum Gasteiger partial charge on any atom is 0.223 e. The average molecular weight is 475 g/mol. The van der Waals surface area contributed by atoms with Crippen LogP contribution in [0.3, 0.4) is 0 Å². The predicted octanol–water partition coefficient (Wildman–Crippen LogP) is 3.34. The third-order valence-electron chi connectivity index (χ3n) is 6.56. The second-order valence-electron chi connectivity index (χ2n) is 9.20. The van der Waals surface area contributed by atoms with E-state index in [-0.39, 0.29) is 68.5 Å². The first kappa shape index (κ1) is 24.7. The molecular formula is C26H32F2N2O4. The summed E-state index contributed by atoms with van der Waals surface area (Å²) in [7, 11) is 0. The van der Waals surface area contributed by atoms with Crippen molar-refractivity contribution in [2.45, 2.75) is 63.1 Å². The van der Waals surface area contributed by atoms with Crippen LogP contribution in [0, 0.1) is 11.6 Å². The zero-order chi connectivity index (χ0) is 24.1. The SMILES string of the molecule is C[C@@H](NC(=O)C[C@@H]1CC[C@@H]2[C@H](COC[C@H](O)CN2Cc2cc(F)ccc2F)O1)c1ccccc1. The number of β-amino-alcohol motifs (C(OH)–C–C–N with tert-alkyl or cyclic N) is 1. The number of nitrogens with one attached hydrogen (secondary N) is 1. The van der Waals surface area contributed by atoms with E-state index >= 15 is 0 Å². The second-order valence-corrected chi connectivity index (χ2v) is 9.20. The first-order chi connectivity index (χ1) is 16.4. The number of ether oxygens (including phenoxy) is 2. The lowest BCUT2D eigenvalue weighted by Crippen LogP contribution is -2.55. The molecule has 0 radical (unpaired) electrons. The van der Waals surface area contributed by atoms with Gasteiger partial charge < -0.3 is 19.9 Å². The van der Waals surface area contributed by atoms with Crippen molar-refractivity contribution in [3.63, 3.8) is 0 Å². The second kappa shape index (κ2) is 11.4. The zero-order valence-electron chi connectivity index (χ0n) is 19.3. The van der Waals surface area contributed by atoms with Gasteiger partial charge in [0.15, 0.2) is 0 Å². The summed E-state index contributed by atoms with van der Waals surface area (Å²) < 4.78 is 39.9. The third kappa shape index (κ3) is 6.39. The molecule has 2 fully saturated rings. The van der Waals surface area contributed by atoms with Gasteiger partial charge in [-0.15, -0.1) is 0 Å². The van der Waals surface area contributed by atoms with Crippen LogP contribution in [0.1, 0.15) is 43.4 Å². The Morgan fingerprint density at radius 2 is 1.97 bits per heavy atom. The van der Waals surface area contributed by atoms with Crippen LogP contribution in [0.2, 0.25) is 0 Å². The molecule has 5 atom stereocenters. The lowest BCUT2D eigenvalue weighted by molar-refractivity contribution is -0.158. The number of carbonyl (C=O) groups is 1. The minimum atomic E-state index is -0.736. The van der Waals surface area contributed by atoms with Gasteiger partial charge in [0.25, 0.3) is 0 Å². The minimum absolute atomic E-state index is 0.0827. The molecule has 2 saturated heterocycles. The molecule has 0 aliphatic carbocycles.